The summed E-state index contributed by atoms with van der Waals surface area (Å²) in [7, 11) is -7.98. The molecule has 9 heteroatoms. The average Bonchev–Trinajstić information content (AvgIpc) is 2.67. The van der Waals surface area contributed by atoms with Crippen LogP contribution in [0.5, 0.6) is 0 Å². The quantitative estimate of drug-likeness (QED) is 0.423. The summed E-state index contributed by atoms with van der Waals surface area (Å²) in [5, 5.41) is 0. The highest BCUT2D eigenvalue weighted by Gasteiger charge is 2.66. The van der Waals surface area contributed by atoms with Crippen molar-refractivity contribution in [1.82, 2.24) is 0 Å². The Kier molecular flexibility index (Phi) is 10.3. The summed E-state index contributed by atoms with van der Waals surface area (Å²) in [4.78, 5) is 0. The van der Waals surface area contributed by atoms with Crippen molar-refractivity contribution >= 4 is 25.7 Å². The third-order valence-electron chi connectivity index (χ3n) is 5.62. The van der Waals surface area contributed by atoms with Gasteiger partial charge in [-0.1, -0.05) is 20.8 Å². The zero-order valence-electron chi connectivity index (χ0n) is 18.9. The van der Waals surface area contributed by atoms with Gasteiger partial charge in [-0.05, 0) is 59.7 Å². The lowest BCUT2D eigenvalue weighted by Gasteiger charge is -2.56. The van der Waals surface area contributed by atoms with Gasteiger partial charge in [-0.25, -0.2) is 0 Å². The van der Waals surface area contributed by atoms with Crippen LogP contribution < -0.4 is 0 Å². The number of hydrogen-bond donors (Lipinski definition) is 0. The Bertz CT molecular complexity index is 372. The third kappa shape index (κ3) is 5.32. The summed E-state index contributed by atoms with van der Waals surface area (Å²) in [6.07, 6.45) is 0. The maximum Gasteiger partial charge on any atom is 0.350 e. The van der Waals surface area contributed by atoms with Gasteiger partial charge in [0.2, 0.25) is 0 Å². The Hall–Kier alpha value is 0.411. The van der Waals surface area contributed by atoms with Gasteiger partial charge in [-0.15, -0.1) is 0 Å². The monoisotopic (exact) mass is 438 g/mol. The molecule has 0 aliphatic carbocycles. The first kappa shape index (κ1) is 25.4. The van der Waals surface area contributed by atoms with Crippen LogP contribution >= 0.6 is 0 Å². The van der Waals surface area contributed by atoms with Crippen LogP contribution in [0.4, 0.5) is 0 Å². The summed E-state index contributed by atoms with van der Waals surface area (Å²) >= 11 is 0. The molecule has 0 amide bonds. The Labute approximate surface area is 170 Å². The topological polar surface area (TPSA) is 55.4 Å². The highest BCUT2D eigenvalue weighted by molar-refractivity contribution is 6.95. The Morgan fingerprint density at radius 1 is 0.519 bits per heavy atom. The molecule has 0 aromatic carbocycles. The first-order valence-corrected chi connectivity index (χ1v) is 17.0. The molecule has 1 aliphatic heterocycles. The molecular weight excluding hydrogens is 396 g/mol. The van der Waals surface area contributed by atoms with Crippen LogP contribution in [0.3, 0.4) is 0 Å². The van der Waals surface area contributed by atoms with Crippen molar-refractivity contribution in [2.45, 2.75) is 97.6 Å². The fourth-order valence-electron chi connectivity index (χ4n) is 3.86. The number of hydrogen-bond acceptors (Lipinski definition) is 6. The van der Waals surface area contributed by atoms with E-state index in [4.69, 9.17) is 26.6 Å². The molecular formula is C18H42O6Si3. The van der Waals surface area contributed by atoms with Crippen LogP contribution in [0, 0.1) is 0 Å². The maximum atomic E-state index is 6.94. The fraction of sp³-hybridized carbons (Fsp3) is 1.00. The highest BCUT2D eigenvalue weighted by atomic mass is 28.5. The average molecular weight is 439 g/mol. The van der Waals surface area contributed by atoms with Crippen molar-refractivity contribution < 1.29 is 26.6 Å². The van der Waals surface area contributed by atoms with E-state index in [9.17, 15) is 0 Å². The van der Waals surface area contributed by atoms with Crippen molar-refractivity contribution in [3.63, 3.8) is 0 Å². The minimum Gasteiger partial charge on any atom is -0.412 e. The molecule has 3 atom stereocenters. The van der Waals surface area contributed by atoms with Crippen molar-refractivity contribution in [3.8, 4) is 0 Å². The molecule has 0 saturated carbocycles. The molecule has 0 radical (unpaired) electrons. The van der Waals surface area contributed by atoms with E-state index >= 15 is 0 Å². The van der Waals surface area contributed by atoms with E-state index in [2.05, 4.69) is 41.5 Å². The number of ether oxygens (including phenoxy) is 3. The van der Waals surface area contributed by atoms with Gasteiger partial charge in [0.25, 0.3) is 0 Å². The van der Waals surface area contributed by atoms with Crippen molar-refractivity contribution in [2.24, 2.45) is 0 Å². The zero-order valence-corrected chi connectivity index (χ0v) is 21.9. The first-order chi connectivity index (χ1) is 12.7. The summed E-state index contributed by atoms with van der Waals surface area (Å²) in [5.74, 6) is 0. The molecule has 27 heavy (non-hydrogen) atoms. The van der Waals surface area contributed by atoms with E-state index < -0.39 is 25.7 Å². The van der Waals surface area contributed by atoms with Crippen LogP contribution in [0.15, 0.2) is 0 Å². The second-order valence-corrected chi connectivity index (χ2v) is 19.0. The van der Waals surface area contributed by atoms with E-state index in [0.29, 0.717) is 19.8 Å². The lowest BCUT2D eigenvalue weighted by molar-refractivity contribution is 0.0342. The van der Waals surface area contributed by atoms with Gasteiger partial charge in [0, 0.05) is 19.8 Å². The van der Waals surface area contributed by atoms with Gasteiger partial charge in [0.05, 0.1) is 17.2 Å². The SMILES string of the molecule is CCOC(C)[Si]1(CC)O[Si](CC)(C(C)OCC)O[Si](CC)(C(C)OCC)O1. The third-order valence-corrected chi connectivity index (χ3v) is 21.1. The van der Waals surface area contributed by atoms with Crippen LogP contribution in [0.1, 0.15) is 62.3 Å². The Balaban J connectivity index is 3.49. The van der Waals surface area contributed by atoms with E-state index in [0.717, 1.165) is 18.1 Å². The summed E-state index contributed by atoms with van der Waals surface area (Å²) in [6.45, 7) is 20.8. The normalized spacial score (nSPS) is 35.0. The predicted molar refractivity (Wildman–Crippen MR) is 115 cm³/mol. The molecule has 3 unspecified atom stereocenters. The summed E-state index contributed by atoms with van der Waals surface area (Å²) < 4.78 is 39.0. The van der Waals surface area contributed by atoms with E-state index in [1.807, 2.05) is 20.8 Å². The molecule has 0 bridgehead atoms. The minimum absolute atomic E-state index is 0.0593. The van der Waals surface area contributed by atoms with Crippen LogP contribution in [0.25, 0.3) is 0 Å². The maximum absolute atomic E-state index is 6.94. The van der Waals surface area contributed by atoms with Gasteiger partial charge in [-0.2, -0.15) is 0 Å². The standard InChI is InChI=1S/C18H42O6Si3/c1-10-19-16(7)25(13-4)22-26(14-5,17(8)20-11-2)24-27(15-6,23-25)18(9)21-12-3/h16-18H,10-15H2,1-9H3. The molecule has 0 N–H and O–H groups in total. The van der Waals surface area contributed by atoms with Gasteiger partial charge < -0.3 is 26.6 Å². The zero-order chi connectivity index (χ0) is 20.7. The van der Waals surface area contributed by atoms with Crippen molar-refractivity contribution in [3.05, 3.63) is 0 Å². The van der Waals surface area contributed by atoms with Crippen LogP contribution in [0.2, 0.25) is 18.1 Å². The van der Waals surface area contributed by atoms with Crippen LogP contribution in [-0.4, -0.2) is 62.7 Å². The smallest absolute Gasteiger partial charge is 0.350 e. The lowest BCUT2D eigenvalue weighted by atomic mass is 10.8. The molecule has 1 saturated heterocycles. The molecule has 0 aromatic heterocycles. The van der Waals surface area contributed by atoms with Gasteiger partial charge in [0.15, 0.2) is 0 Å². The van der Waals surface area contributed by atoms with Crippen LogP contribution in [-0.2, 0) is 26.6 Å². The highest BCUT2D eigenvalue weighted by Crippen LogP contribution is 2.42. The minimum atomic E-state index is -2.66. The van der Waals surface area contributed by atoms with Crippen molar-refractivity contribution in [2.75, 3.05) is 19.8 Å². The van der Waals surface area contributed by atoms with Crippen molar-refractivity contribution in [1.29, 1.82) is 0 Å². The molecule has 1 rings (SSSR count). The van der Waals surface area contributed by atoms with Gasteiger partial charge in [-0.3, -0.25) is 0 Å². The number of rotatable bonds is 12. The molecule has 0 aromatic rings. The molecule has 1 aliphatic rings. The molecule has 0 spiro atoms. The second-order valence-electron chi connectivity index (χ2n) is 7.10. The lowest BCUT2D eigenvalue weighted by Crippen LogP contribution is -2.78. The first-order valence-electron chi connectivity index (χ1n) is 10.7. The second kappa shape index (κ2) is 11.0. The van der Waals surface area contributed by atoms with Gasteiger partial charge in [0.1, 0.15) is 0 Å². The van der Waals surface area contributed by atoms with E-state index in [-0.39, 0.29) is 17.2 Å². The summed E-state index contributed by atoms with van der Waals surface area (Å²) in [5.41, 5.74) is -0.178. The largest absolute Gasteiger partial charge is 0.412 e. The molecule has 1 heterocycles. The van der Waals surface area contributed by atoms with Gasteiger partial charge >= 0.3 is 25.7 Å². The molecule has 6 nitrogen and oxygen atoms in total. The van der Waals surface area contributed by atoms with E-state index in [1.165, 1.54) is 0 Å². The molecule has 162 valence electrons. The Morgan fingerprint density at radius 3 is 0.889 bits per heavy atom. The van der Waals surface area contributed by atoms with E-state index in [1.54, 1.807) is 0 Å². The summed E-state index contributed by atoms with van der Waals surface area (Å²) in [6, 6.07) is 2.50. The Morgan fingerprint density at radius 2 is 0.741 bits per heavy atom. The fourth-order valence-corrected chi connectivity index (χ4v) is 22.9. The predicted octanol–water partition coefficient (Wildman–Crippen LogP) is 4.33. The molecule has 1 fully saturated rings.